The summed E-state index contributed by atoms with van der Waals surface area (Å²) in [6.45, 7) is 16.5. The molecule has 0 bridgehead atoms. The highest BCUT2D eigenvalue weighted by Crippen LogP contribution is 2.31. The number of imidazole rings is 2. The lowest BCUT2D eigenvalue weighted by molar-refractivity contribution is 0.0858. The Morgan fingerprint density at radius 2 is 1.03 bits per heavy atom. The van der Waals surface area contributed by atoms with Gasteiger partial charge in [0.25, 0.3) is 0 Å². The van der Waals surface area contributed by atoms with Crippen molar-refractivity contribution >= 4 is 49.7 Å². The molecular weight excluding hydrogens is 553 g/mol. The molecule has 0 aromatic carbocycles. The molecule has 2 unspecified atom stereocenters. The first-order valence-corrected chi connectivity index (χ1v) is 15.7. The van der Waals surface area contributed by atoms with Crippen molar-refractivity contribution in [2.45, 2.75) is 141 Å². The Balaban J connectivity index is 1.71. The van der Waals surface area contributed by atoms with Gasteiger partial charge in [-0.2, -0.15) is 0 Å². The molecule has 2 N–H and O–H groups in total. The number of nitrogens with zero attached hydrogens (tertiary/aromatic N) is 4. The molecule has 2 rings (SSSR count). The monoisotopic (exact) mass is 602 g/mol. The van der Waals surface area contributed by atoms with E-state index in [1.165, 1.54) is 0 Å². The summed E-state index contributed by atoms with van der Waals surface area (Å²) in [4.78, 5) is 0. The van der Waals surface area contributed by atoms with Gasteiger partial charge in [0.05, 0.1) is 22.3 Å². The average Bonchev–Trinajstić information content (AvgIpc) is 3.30. The van der Waals surface area contributed by atoms with E-state index in [2.05, 4.69) is 75.9 Å². The normalized spacial score (nSPS) is 14.3. The number of rotatable bonds is 17. The predicted octanol–water partition coefficient (Wildman–Crippen LogP) is 7.56. The fourth-order valence-electron chi connectivity index (χ4n) is 4.78. The summed E-state index contributed by atoms with van der Waals surface area (Å²) < 4.78 is 9.89. The van der Waals surface area contributed by atoms with E-state index in [0.717, 1.165) is 84.3 Å². The Bertz CT molecular complexity index is 1040. The smallest absolute Gasteiger partial charge is 0.180 e. The summed E-state index contributed by atoms with van der Waals surface area (Å²) >= 11 is 20.3. The molecule has 10 heteroatoms. The zero-order chi connectivity index (χ0) is 28.7. The van der Waals surface area contributed by atoms with Gasteiger partial charge in [0.2, 0.25) is 0 Å². The second-order valence-corrected chi connectivity index (χ2v) is 13.9. The van der Waals surface area contributed by atoms with E-state index in [1.807, 2.05) is 21.5 Å². The van der Waals surface area contributed by atoms with Gasteiger partial charge in [-0.05, 0) is 100 Å². The molecule has 6 nitrogen and oxygen atoms in total. The molecular formula is C28H50N4O2S4. The molecule has 218 valence electrons. The third-order valence-corrected chi connectivity index (χ3v) is 9.52. The Morgan fingerprint density at radius 3 is 1.32 bits per heavy atom. The average molecular weight is 603 g/mol. The quantitative estimate of drug-likeness (QED) is 0.111. The van der Waals surface area contributed by atoms with E-state index in [-0.39, 0.29) is 23.0 Å². The van der Waals surface area contributed by atoms with Crippen LogP contribution in [0.2, 0.25) is 0 Å². The van der Waals surface area contributed by atoms with Gasteiger partial charge in [0.1, 0.15) is 0 Å². The van der Waals surface area contributed by atoms with E-state index in [9.17, 15) is 10.2 Å². The maximum Gasteiger partial charge on any atom is 0.180 e. The molecule has 2 aromatic heterocycles. The van der Waals surface area contributed by atoms with Crippen LogP contribution in [0.25, 0.3) is 0 Å². The van der Waals surface area contributed by atoms with Crippen LogP contribution in [-0.4, -0.2) is 40.7 Å². The van der Waals surface area contributed by atoms with Gasteiger partial charge < -0.3 is 28.5 Å². The Kier molecular flexibility index (Phi) is 13.2. The van der Waals surface area contributed by atoms with Crippen LogP contribution >= 0.6 is 49.7 Å². The largest absolute Gasteiger partial charge is 0.393 e. The minimum absolute atomic E-state index is 0.0841. The number of aliphatic hydroxyl groups is 2. The van der Waals surface area contributed by atoms with Gasteiger partial charge in [-0.3, -0.25) is 0 Å². The number of hydrogen-bond donors (Lipinski definition) is 4. The summed E-state index contributed by atoms with van der Waals surface area (Å²) in [7, 11) is 0. The molecule has 2 aromatic rings. The highest BCUT2D eigenvalue weighted by Gasteiger charge is 2.23. The Hall–Kier alpha value is -0.520. The topological polar surface area (TPSA) is 60.2 Å². The zero-order valence-corrected chi connectivity index (χ0v) is 27.6. The van der Waals surface area contributed by atoms with Crippen LogP contribution in [0.3, 0.4) is 0 Å². The van der Waals surface area contributed by atoms with Gasteiger partial charge in [0.15, 0.2) is 9.54 Å². The number of aromatic nitrogens is 4. The van der Waals surface area contributed by atoms with Crippen molar-refractivity contribution in [1.82, 2.24) is 18.3 Å². The molecule has 0 aliphatic heterocycles. The van der Waals surface area contributed by atoms with E-state index in [0.29, 0.717) is 12.8 Å². The standard InChI is InChI=1S/C28H50N4O2S4/c1-7-29-19-23(35)31(25(29)37)17-15-27(3,4)13-11-21(33)9-10-22(34)12-14-28(5,6)16-18-32-24(36)20-30(8-2)26(32)38/h19-22,33-36H,7-18H2,1-6H3. The summed E-state index contributed by atoms with van der Waals surface area (Å²) in [6.07, 6.45) is 9.74. The van der Waals surface area contributed by atoms with E-state index in [4.69, 9.17) is 24.4 Å². The van der Waals surface area contributed by atoms with Crippen molar-refractivity contribution in [3.05, 3.63) is 21.9 Å². The third-order valence-electron chi connectivity index (χ3n) is 7.90. The van der Waals surface area contributed by atoms with Crippen LogP contribution in [0.15, 0.2) is 22.4 Å². The van der Waals surface area contributed by atoms with Crippen molar-refractivity contribution in [3.8, 4) is 0 Å². The van der Waals surface area contributed by atoms with Gasteiger partial charge >= 0.3 is 0 Å². The molecule has 38 heavy (non-hydrogen) atoms. The zero-order valence-electron chi connectivity index (χ0n) is 24.2. The van der Waals surface area contributed by atoms with Crippen molar-refractivity contribution in [3.63, 3.8) is 0 Å². The molecule has 2 heterocycles. The van der Waals surface area contributed by atoms with Crippen molar-refractivity contribution in [1.29, 1.82) is 0 Å². The molecule has 0 aliphatic carbocycles. The highest BCUT2D eigenvalue weighted by atomic mass is 32.1. The molecule has 0 spiro atoms. The first-order chi connectivity index (χ1) is 17.7. The van der Waals surface area contributed by atoms with Crippen LogP contribution in [0, 0.1) is 20.4 Å². The minimum atomic E-state index is -0.390. The fourth-order valence-corrected chi connectivity index (χ4v) is 6.32. The first kappa shape index (κ1) is 33.7. The van der Waals surface area contributed by atoms with Gasteiger partial charge in [-0.1, -0.05) is 27.7 Å². The van der Waals surface area contributed by atoms with Crippen molar-refractivity contribution in [2.24, 2.45) is 10.8 Å². The Labute approximate surface area is 251 Å². The van der Waals surface area contributed by atoms with Gasteiger partial charge in [-0.25, -0.2) is 0 Å². The van der Waals surface area contributed by atoms with Crippen LogP contribution in [-0.2, 0) is 26.2 Å². The summed E-state index contributed by atoms with van der Waals surface area (Å²) in [5, 5.41) is 23.0. The van der Waals surface area contributed by atoms with Crippen LogP contribution < -0.4 is 0 Å². The minimum Gasteiger partial charge on any atom is -0.393 e. The molecule has 0 aliphatic rings. The summed E-state index contributed by atoms with van der Waals surface area (Å²) in [6, 6.07) is 0. The molecule has 0 saturated carbocycles. The lowest BCUT2D eigenvalue weighted by Gasteiger charge is -2.27. The number of aryl methyl sites for hydroxylation is 2. The predicted molar refractivity (Wildman–Crippen MR) is 169 cm³/mol. The van der Waals surface area contributed by atoms with Gasteiger partial charge in [0, 0.05) is 38.6 Å². The summed E-state index contributed by atoms with van der Waals surface area (Å²) in [5.74, 6) is 0. The molecule has 0 radical (unpaired) electrons. The summed E-state index contributed by atoms with van der Waals surface area (Å²) in [5.41, 5.74) is 0.168. The molecule has 0 fully saturated rings. The maximum atomic E-state index is 10.6. The fraction of sp³-hybridized carbons (Fsp3) is 0.786. The first-order valence-electron chi connectivity index (χ1n) is 14.0. The maximum absolute atomic E-state index is 10.6. The van der Waals surface area contributed by atoms with Crippen LogP contribution in [0.1, 0.15) is 92.9 Å². The number of hydrogen-bond acceptors (Lipinski definition) is 6. The second-order valence-electron chi connectivity index (χ2n) is 12.2. The van der Waals surface area contributed by atoms with Gasteiger partial charge in [-0.15, -0.1) is 25.3 Å². The Morgan fingerprint density at radius 1 is 0.684 bits per heavy atom. The van der Waals surface area contributed by atoms with Crippen molar-refractivity contribution < 1.29 is 10.2 Å². The number of aliphatic hydroxyl groups excluding tert-OH is 2. The van der Waals surface area contributed by atoms with Crippen LogP contribution in [0.5, 0.6) is 0 Å². The molecule has 0 saturated heterocycles. The lowest BCUT2D eigenvalue weighted by Crippen LogP contribution is -2.21. The van der Waals surface area contributed by atoms with E-state index >= 15 is 0 Å². The highest BCUT2D eigenvalue weighted by molar-refractivity contribution is 7.80. The SMILES string of the molecule is CCn1cc(S)n(CCC(C)(C)CCC(O)CCC(O)CCC(C)(C)CCn2c(S)cn(CC)c2=S)c1=S. The van der Waals surface area contributed by atoms with Crippen molar-refractivity contribution in [2.75, 3.05) is 0 Å². The second kappa shape index (κ2) is 14.9. The van der Waals surface area contributed by atoms with Crippen LogP contribution in [0.4, 0.5) is 0 Å². The molecule has 0 amide bonds. The number of thiol groups is 2. The molecule has 2 atom stereocenters. The lowest BCUT2D eigenvalue weighted by atomic mass is 9.82. The van der Waals surface area contributed by atoms with E-state index in [1.54, 1.807) is 0 Å². The third kappa shape index (κ3) is 10.1. The van der Waals surface area contributed by atoms with E-state index < -0.39 is 0 Å².